The van der Waals surface area contributed by atoms with Crippen molar-refractivity contribution in [2.75, 3.05) is 57.8 Å². The van der Waals surface area contributed by atoms with Gasteiger partial charge in [0.1, 0.15) is 5.75 Å². The molecule has 7 nitrogen and oxygen atoms in total. The van der Waals surface area contributed by atoms with Crippen LogP contribution in [0.5, 0.6) is 5.75 Å². The normalized spacial score (nSPS) is 14.9. The number of carbonyl (C=O) groups excluding carboxylic acids is 2. The van der Waals surface area contributed by atoms with Crippen molar-refractivity contribution < 1.29 is 14.3 Å². The van der Waals surface area contributed by atoms with Gasteiger partial charge in [-0.05, 0) is 32.0 Å². The summed E-state index contributed by atoms with van der Waals surface area (Å²) in [5.74, 6) is -0.209. The van der Waals surface area contributed by atoms with Crippen molar-refractivity contribution in [3.63, 3.8) is 0 Å². The highest BCUT2D eigenvalue weighted by atomic mass is 16.5. The topological polar surface area (TPSA) is 73.9 Å². The number of amides is 2. The first kappa shape index (κ1) is 19.1. The summed E-state index contributed by atoms with van der Waals surface area (Å²) < 4.78 is 5.44. The molecular weight excluding hydrogens is 320 g/mol. The minimum Gasteiger partial charge on any atom is -0.495 e. The Balaban J connectivity index is 1.67. The van der Waals surface area contributed by atoms with Gasteiger partial charge in [0.25, 0.3) is 0 Å². The Morgan fingerprint density at radius 2 is 1.76 bits per heavy atom. The van der Waals surface area contributed by atoms with E-state index in [2.05, 4.69) is 26.5 Å². The van der Waals surface area contributed by atoms with Gasteiger partial charge in [-0.2, -0.15) is 0 Å². The van der Waals surface area contributed by atoms with Crippen molar-refractivity contribution in [2.24, 2.45) is 0 Å². The zero-order chi connectivity index (χ0) is 18.1. The number of ether oxygens (including phenoxy) is 1. The number of hydrogen-bond donors (Lipinski definition) is 2. The van der Waals surface area contributed by atoms with E-state index in [1.165, 1.54) is 0 Å². The molecule has 1 fully saturated rings. The molecule has 25 heavy (non-hydrogen) atoms. The van der Waals surface area contributed by atoms with E-state index < -0.39 is 11.8 Å². The van der Waals surface area contributed by atoms with Crippen LogP contribution in [0.4, 0.5) is 5.69 Å². The summed E-state index contributed by atoms with van der Waals surface area (Å²) in [6.45, 7) is 7.53. The second-order valence-electron chi connectivity index (χ2n) is 5.97. The first-order valence-corrected chi connectivity index (χ1v) is 8.82. The molecule has 1 aromatic carbocycles. The number of hydrogen-bond acceptors (Lipinski definition) is 5. The summed E-state index contributed by atoms with van der Waals surface area (Å²) in [6.07, 6.45) is 0.833. The highest BCUT2D eigenvalue weighted by Crippen LogP contribution is 2.28. The van der Waals surface area contributed by atoms with E-state index >= 15 is 0 Å². The van der Waals surface area contributed by atoms with Crippen LogP contribution in [0.3, 0.4) is 0 Å². The molecule has 0 atom stereocenters. The summed E-state index contributed by atoms with van der Waals surface area (Å²) in [6, 6.07) is 8.08. The number of nitrogens with zero attached hydrogens (tertiary/aromatic N) is 2. The van der Waals surface area contributed by atoms with Gasteiger partial charge in [-0.3, -0.25) is 14.5 Å². The predicted molar refractivity (Wildman–Crippen MR) is 98.0 cm³/mol. The molecule has 0 unspecified atom stereocenters. The number of likely N-dealkylation sites (N-methyl/N-ethyl adjacent to an activating group) is 1. The van der Waals surface area contributed by atoms with E-state index in [1.54, 1.807) is 14.0 Å². The summed E-state index contributed by atoms with van der Waals surface area (Å²) in [5, 5.41) is 5.14. The van der Waals surface area contributed by atoms with Gasteiger partial charge < -0.3 is 20.3 Å². The van der Waals surface area contributed by atoms with Gasteiger partial charge in [-0.15, -0.1) is 0 Å². The standard InChI is InChI=1S/C18H28N4O3/c1-3-19-17(23)18(24)20-9-6-10-21-11-13-22(14-12-21)15-7-4-5-8-16(15)25-2/h4-5,7-8H,3,6,9-14H2,1-2H3,(H,19,23)(H,20,24). The molecule has 0 spiro atoms. The van der Waals surface area contributed by atoms with Crippen molar-refractivity contribution >= 4 is 17.5 Å². The number of anilines is 1. The minimum atomic E-state index is -0.562. The third-order valence-corrected chi connectivity index (χ3v) is 4.28. The monoisotopic (exact) mass is 348 g/mol. The van der Waals surface area contributed by atoms with Crippen LogP contribution < -0.4 is 20.3 Å². The van der Waals surface area contributed by atoms with E-state index in [-0.39, 0.29) is 0 Å². The molecule has 0 aromatic heterocycles. The molecule has 0 radical (unpaired) electrons. The third-order valence-electron chi connectivity index (χ3n) is 4.28. The van der Waals surface area contributed by atoms with Gasteiger partial charge in [0.2, 0.25) is 0 Å². The fourth-order valence-corrected chi connectivity index (χ4v) is 2.93. The molecule has 2 N–H and O–H groups in total. The van der Waals surface area contributed by atoms with Gasteiger partial charge in [0.15, 0.2) is 0 Å². The van der Waals surface area contributed by atoms with Gasteiger partial charge in [0, 0.05) is 39.3 Å². The zero-order valence-corrected chi connectivity index (χ0v) is 15.1. The molecule has 1 aliphatic heterocycles. The smallest absolute Gasteiger partial charge is 0.309 e. The van der Waals surface area contributed by atoms with Crippen molar-refractivity contribution in [1.82, 2.24) is 15.5 Å². The van der Waals surface area contributed by atoms with Gasteiger partial charge in [-0.25, -0.2) is 0 Å². The maximum atomic E-state index is 11.5. The Bertz CT molecular complexity index is 571. The maximum absolute atomic E-state index is 11.5. The molecule has 0 bridgehead atoms. The molecule has 1 saturated heterocycles. The average Bonchev–Trinajstić information content (AvgIpc) is 2.65. The Labute approximate surface area is 149 Å². The summed E-state index contributed by atoms with van der Waals surface area (Å²) in [5.41, 5.74) is 1.14. The van der Waals surface area contributed by atoms with Crippen LogP contribution in [0.15, 0.2) is 24.3 Å². The molecule has 0 aliphatic carbocycles. The van der Waals surface area contributed by atoms with Crippen molar-refractivity contribution in [1.29, 1.82) is 0 Å². The fraction of sp³-hybridized carbons (Fsp3) is 0.556. The summed E-state index contributed by atoms with van der Waals surface area (Å²) in [4.78, 5) is 27.5. The molecule has 1 heterocycles. The number of rotatable bonds is 7. The summed E-state index contributed by atoms with van der Waals surface area (Å²) >= 11 is 0. The first-order valence-electron chi connectivity index (χ1n) is 8.82. The highest BCUT2D eigenvalue weighted by molar-refractivity contribution is 6.35. The number of piperazine rings is 1. The van der Waals surface area contributed by atoms with Gasteiger partial charge >= 0.3 is 11.8 Å². The lowest BCUT2D eigenvalue weighted by Gasteiger charge is -2.36. The molecule has 7 heteroatoms. The van der Waals surface area contributed by atoms with Crippen LogP contribution in [0.1, 0.15) is 13.3 Å². The van der Waals surface area contributed by atoms with Crippen LogP contribution in [0.2, 0.25) is 0 Å². The van der Waals surface area contributed by atoms with Crippen molar-refractivity contribution in [3.8, 4) is 5.75 Å². The molecule has 1 aliphatic rings. The molecule has 138 valence electrons. The van der Waals surface area contributed by atoms with Crippen molar-refractivity contribution in [2.45, 2.75) is 13.3 Å². The molecular formula is C18H28N4O3. The minimum absolute atomic E-state index is 0.461. The molecule has 0 saturated carbocycles. The summed E-state index contributed by atoms with van der Waals surface area (Å²) in [7, 11) is 1.70. The predicted octanol–water partition coefficient (Wildman–Crippen LogP) is 0.460. The van der Waals surface area contributed by atoms with E-state index in [0.717, 1.165) is 50.6 Å². The van der Waals surface area contributed by atoms with E-state index in [0.29, 0.717) is 13.1 Å². The lowest BCUT2D eigenvalue weighted by Crippen LogP contribution is -2.47. The lowest BCUT2D eigenvalue weighted by molar-refractivity contribution is -0.139. The maximum Gasteiger partial charge on any atom is 0.309 e. The quantitative estimate of drug-likeness (QED) is 0.553. The zero-order valence-electron chi connectivity index (χ0n) is 15.1. The number of para-hydroxylation sites is 2. The number of methoxy groups -OCH3 is 1. The van der Waals surface area contributed by atoms with Crippen LogP contribution in [0.25, 0.3) is 0 Å². The average molecular weight is 348 g/mol. The van der Waals surface area contributed by atoms with E-state index in [4.69, 9.17) is 4.74 Å². The van der Waals surface area contributed by atoms with Crippen LogP contribution in [-0.4, -0.2) is 69.6 Å². The van der Waals surface area contributed by atoms with E-state index in [9.17, 15) is 9.59 Å². The van der Waals surface area contributed by atoms with E-state index in [1.807, 2.05) is 18.2 Å². The molecule has 2 amide bonds. The van der Waals surface area contributed by atoms with Crippen LogP contribution in [-0.2, 0) is 9.59 Å². The van der Waals surface area contributed by atoms with Crippen LogP contribution >= 0.6 is 0 Å². The largest absolute Gasteiger partial charge is 0.495 e. The third kappa shape index (κ3) is 5.63. The number of carbonyl (C=O) groups is 2. The molecule has 2 rings (SSSR count). The second-order valence-corrected chi connectivity index (χ2v) is 5.97. The second kappa shape index (κ2) is 9.88. The number of nitrogens with one attached hydrogen (secondary N) is 2. The lowest BCUT2D eigenvalue weighted by atomic mass is 10.2. The Morgan fingerprint density at radius 3 is 2.44 bits per heavy atom. The van der Waals surface area contributed by atoms with Crippen molar-refractivity contribution in [3.05, 3.63) is 24.3 Å². The SMILES string of the molecule is CCNC(=O)C(=O)NCCCN1CCN(c2ccccc2OC)CC1. The Hall–Kier alpha value is -2.28. The van der Waals surface area contributed by atoms with Crippen LogP contribution in [0, 0.1) is 0 Å². The highest BCUT2D eigenvalue weighted by Gasteiger charge is 2.19. The molecule has 1 aromatic rings. The first-order chi connectivity index (χ1) is 12.2. The Morgan fingerprint density at radius 1 is 1.08 bits per heavy atom. The number of benzene rings is 1. The Kier molecular flexibility index (Phi) is 7.53. The fourth-order valence-electron chi connectivity index (χ4n) is 2.93. The van der Waals surface area contributed by atoms with Gasteiger partial charge in [0.05, 0.1) is 12.8 Å². The van der Waals surface area contributed by atoms with Gasteiger partial charge in [-0.1, -0.05) is 12.1 Å².